The van der Waals surface area contributed by atoms with Crippen molar-refractivity contribution >= 4 is 10.9 Å². The molecule has 2 atom stereocenters. The number of pyridine rings is 1. The Balaban J connectivity index is 2.09. The van der Waals surface area contributed by atoms with Crippen LogP contribution in [0.1, 0.15) is 38.2 Å². The van der Waals surface area contributed by atoms with Crippen LogP contribution >= 0.6 is 0 Å². The van der Waals surface area contributed by atoms with Gasteiger partial charge in [0.2, 0.25) is 0 Å². The first-order chi connectivity index (χ1) is 8.73. The van der Waals surface area contributed by atoms with Crippen LogP contribution in [0.25, 0.3) is 10.9 Å². The van der Waals surface area contributed by atoms with E-state index in [1.165, 1.54) is 0 Å². The van der Waals surface area contributed by atoms with E-state index in [1.54, 1.807) is 6.20 Å². The lowest BCUT2D eigenvalue weighted by Gasteiger charge is -2.25. The first-order valence-electron chi connectivity index (χ1n) is 6.79. The fourth-order valence-corrected chi connectivity index (χ4v) is 3.23. The molecule has 94 valence electrons. The predicted octanol–water partition coefficient (Wildman–Crippen LogP) is 3.63. The van der Waals surface area contributed by atoms with Crippen molar-refractivity contribution in [1.82, 2.24) is 4.98 Å². The number of aliphatic hydroxyl groups is 1. The third-order valence-corrected chi connectivity index (χ3v) is 4.32. The van der Waals surface area contributed by atoms with Crippen molar-refractivity contribution in [2.75, 3.05) is 0 Å². The first kappa shape index (κ1) is 11.7. The molecular weight excluding hydrogens is 222 g/mol. The lowest BCUT2D eigenvalue weighted by Crippen LogP contribution is -2.22. The van der Waals surface area contributed by atoms with Crippen LogP contribution in [0.4, 0.5) is 0 Å². The predicted molar refractivity (Wildman–Crippen MR) is 73.3 cm³/mol. The monoisotopic (exact) mass is 241 g/mol. The number of rotatable bonds is 2. The lowest BCUT2D eigenvalue weighted by molar-refractivity contribution is 0.0413. The zero-order chi connectivity index (χ0) is 12.6. The zero-order valence-electron chi connectivity index (χ0n) is 10.8. The van der Waals surface area contributed by atoms with E-state index in [-0.39, 0.29) is 0 Å². The van der Waals surface area contributed by atoms with Crippen molar-refractivity contribution in [3.05, 3.63) is 42.1 Å². The largest absolute Gasteiger partial charge is 0.385 e. The third kappa shape index (κ3) is 1.81. The molecule has 0 bridgehead atoms. The highest BCUT2D eigenvalue weighted by Gasteiger charge is 2.38. The molecule has 1 aliphatic carbocycles. The highest BCUT2D eigenvalue weighted by molar-refractivity contribution is 5.82. The number of benzene rings is 1. The molecule has 1 N–H and O–H groups in total. The topological polar surface area (TPSA) is 33.1 Å². The van der Waals surface area contributed by atoms with Crippen LogP contribution in [-0.4, -0.2) is 10.1 Å². The molecule has 3 rings (SSSR count). The van der Waals surface area contributed by atoms with Crippen LogP contribution in [0.3, 0.4) is 0 Å². The van der Waals surface area contributed by atoms with Crippen molar-refractivity contribution in [2.45, 2.75) is 38.2 Å². The van der Waals surface area contributed by atoms with Gasteiger partial charge in [0.1, 0.15) is 0 Å². The maximum absolute atomic E-state index is 10.9. The van der Waals surface area contributed by atoms with E-state index in [9.17, 15) is 5.11 Å². The minimum Gasteiger partial charge on any atom is -0.385 e. The van der Waals surface area contributed by atoms with Gasteiger partial charge in [-0.25, -0.2) is 0 Å². The third-order valence-electron chi connectivity index (χ3n) is 4.32. The Morgan fingerprint density at radius 1 is 1.33 bits per heavy atom. The number of fused-ring (bicyclic) bond motifs is 1. The Labute approximate surface area is 108 Å². The molecule has 1 aromatic carbocycles. The van der Waals surface area contributed by atoms with Gasteiger partial charge in [-0.05, 0) is 42.9 Å². The Morgan fingerprint density at radius 2 is 2.22 bits per heavy atom. The summed E-state index contributed by atoms with van der Waals surface area (Å²) in [6, 6.07) is 10.1. The van der Waals surface area contributed by atoms with Crippen molar-refractivity contribution in [3.63, 3.8) is 0 Å². The summed E-state index contributed by atoms with van der Waals surface area (Å²) in [5.74, 6) is 0.655. The Morgan fingerprint density at radius 3 is 3.00 bits per heavy atom. The summed E-state index contributed by atoms with van der Waals surface area (Å²) in [6.07, 6.45) is 5.85. The van der Waals surface area contributed by atoms with Gasteiger partial charge in [0.05, 0.1) is 11.1 Å². The molecule has 2 unspecified atom stereocenters. The van der Waals surface area contributed by atoms with Crippen molar-refractivity contribution in [1.29, 1.82) is 0 Å². The van der Waals surface area contributed by atoms with E-state index in [0.29, 0.717) is 5.92 Å². The second kappa shape index (κ2) is 4.36. The van der Waals surface area contributed by atoms with Crippen LogP contribution in [0.2, 0.25) is 0 Å². The minimum absolute atomic E-state index is 0.650. The summed E-state index contributed by atoms with van der Waals surface area (Å²) >= 11 is 0. The van der Waals surface area contributed by atoms with E-state index >= 15 is 0 Å². The van der Waals surface area contributed by atoms with E-state index in [4.69, 9.17) is 0 Å². The van der Waals surface area contributed by atoms with Gasteiger partial charge in [-0.2, -0.15) is 0 Å². The Bertz CT molecular complexity index is 561. The molecule has 2 aromatic rings. The van der Waals surface area contributed by atoms with Crippen molar-refractivity contribution in [2.24, 2.45) is 5.92 Å². The second-order valence-corrected chi connectivity index (χ2v) is 5.42. The SMILES string of the molecule is CCC1CCC(O)(c2cccc3ncccc23)C1. The fourth-order valence-electron chi connectivity index (χ4n) is 3.23. The summed E-state index contributed by atoms with van der Waals surface area (Å²) < 4.78 is 0. The van der Waals surface area contributed by atoms with Crippen molar-refractivity contribution < 1.29 is 5.11 Å². The van der Waals surface area contributed by atoms with Gasteiger partial charge in [-0.15, -0.1) is 0 Å². The van der Waals surface area contributed by atoms with Crippen LogP contribution in [0, 0.1) is 5.92 Å². The molecule has 0 amide bonds. The van der Waals surface area contributed by atoms with Gasteiger partial charge in [0.25, 0.3) is 0 Å². The lowest BCUT2D eigenvalue weighted by atomic mass is 9.88. The van der Waals surface area contributed by atoms with Gasteiger partial charge in [-0.1, -0.05) is 31.5 Å². The fraction of sp³-hybridized carbons (Fsp3) is 0.438. The molecule has 2 nitrogen and oxygen atoms in total. The molecule has 0 saturated heterocycles. The Hall–Kier alpha value is -1.41. The quantitative estimate of drug-likeness (QED) is 0.871. The number of hydrogen-bond acceptors (Lipinski definition) is 2. The zero-order valence-corrected chi connectivity index (χ0v) is 10.8. The summed E-state index contributed by atoms with van der Waals surface area (Å²) in [6.45, 7) is 2.21. The van der Waals surface area contributed by atoms with Gasteiger partial charge in [-0.3, -0.25) is 4.98 Å². The summed E-state index contributed by atoms with van der Waals surface area (Å²) in [5.41, 5.74) is 1.39. The molecule has 1 heterocycles. The molecule has 1 aromatic heterocycles. The molecule has 1 aliphatic rings. The highest BCUT2D eigenvalue weighted by atomic mass is 16.3. The number of aromatic nitrogens is 1. The van der Waals surface area contributed by atoms with Gasteiger partial charge in [0, 0.05) is 11.6 Å². The Kier molecular flexibility index (Phi) is 2.83. The van der Waals surface area contributed by atoms with E-state index in [0.717, 1.165) is 42.1 Å². The molecule has 2 heteroatoms. The summed E-state index contributed by atoms with van der Waals surface area (Å²) in [7, 11) is 0. The maximum atomic E-state index is 10.9. The minimum atomic E-state index is -0.650. The number of hydrogen-bond donors (Lipinski definition) is 1. The molecule has 18 heavy (non-hydrogen) atoms. The number of nitrogens with zero attached hydrogens (tertiary/aromatic N) is 1. The van der Waals surface area contributed by atoms with Gasteiger partial charge >= 0.3 is 0 Å². The van der Waals surface area contributed by atoms with Crippen LogP contribution < -0.4 is 0 Å². The molecule has 1 saturated carbocycles. The smallest absolute Gasteiger partial charge is 0.0905 e. The van der Waals surface area contributed by atoms with E-state index < -0.39 is 5.60 Å². The molecular formula is C16H19NO. The average Bonchev–Trinajstić information content (AvgIpc) is 2.81. The van der Waals surface area contributed by atoms with E-state index in [2.05, 4.69) is 24.0 Å². The first-order valence-corrected chi connectivity index (χ1v) is 6.79. The summed E-state index contributed by atoms with van der Waals surface area (Å²) in [5, 5.41) is 12.0. The van der Waals surface area contributed by atoms with Crippen LogP contribution in [0.15, 0.2) is 36.5 Å². The maximum Gasteiger partial charge on any atom is 0.0905 e. The summed E-state index contributed by atoms with van der Waals surface area (Å²) in [4.78, 5) is 4.37. The highest BCUT2D eigenvalue weighted by Crippen LogP contribution is 2.45. The molecule has 0 aliphatic heterocycles. The van der Waals surface area contributed by atoms with Gasteiger partial charge in [0.15, 0.2) is 0 Å². The van der Waals surface area contributed by atoms with Crippen LogP contribution in [-0.2, 0) is 5.60 Å². The van der Waals surface area contributed by atoms with Crippen molar-refractivity contribution in [3.8, 4) is 0 Å². The second-order valence-electron chi connectivity index (χ2n) is 5.42. The van der Waals surface area contributed by atoms with E-state index in [1.807, 2.05) is 18.2 Å². The molecule has 0 spiro atoms. The molecule has 1 fully saturated rings. The average molecular weight is 241 g/mol. The standard InChI is InChI=1S/C16H19NO/c1-2-12-8-9-16(18,11-12)14-6-3-7-15-13(14)5-4-10-17-15/h3-7,10,12,18H,2,8-9,11H2,1H3. The van der Waals surface area contributed by atoms with Crippen LogP contribution in [0.5, 0.6) is 0 Å². The van der Waals surface area contributed by atoms with Gasteiger partial charge < -0.3 is 5.11 Å². The normalized spacial score (nSPS) is 27.8. The molecule has 0 radical (unpaired) electrons.